The predicted molar refractivity (Wildman–Crippen MR) is 65.3 cm³/mol. The van der Waals surface area contributed by atoms with E-state index in [1.54, 1.807) is 6.07 Å². The fourth-order valence-corrected chi connectivity index (χ4v) is 2.05. The van der Waals surface area contributed by atoms with Crippen molar-refractivity contribution in [3.63, 3.8) is 0 Å². The highest BCUT2D eigenvalue weighted by molar-refractivity contribution is 6.62. The third kappa shape index (κ3) is 2.31. The van der Waals surface area contributed by atoms with Crippen LogP contribution in [0.4, 0.5) is 0 Å². The molecule has 1 aliphatic rings. The quantitative estimate of drug-likeness (QED) is 0.752. The van der Waals surface area contributed by atoms with Crippen LogP contribution in [0.2, 0.25) is 0 Å². The molecule has 1 aliphatic heterocycles. The van der Waals surface area contributed by atoms with Crippen LogP contribution < -0.4 is 10.2 Å². The number of hydrogen-bond donors (Lipinski definition) is 2. The molecule has 17 heavy (non-hydrogen) atoms. The molecule has 2 unspecified atom stereocenters. The second-order valence-electron chi connectivity index (χ2n) is 4.22. The molecule has 0 amide bonds. The van der Waals surface area contributed by atoms with E-state index in [4.69, 9.17) is 14.5 Å². The van der Waals surface area contributed by atoms with Gasteiger partial charge < -0.3 is 19.5 Å². The fraction of sp³-hybridized carbons (Fsp3) is 0.500. The van der Waals surface area contributed by atoms with Gasteiger partial charge in [-0.2, -0.15) is 0 Å². The molecule has 4 nitrogen and oxygen atoms in total. The summed E-state index contributed by atoms with van der Waals surface area (Å²) in [6.45, 7) is 3.80. The van der Waals surface area contributed by atoms with Crippen molar-refractivity contribution in [2.75, 3.05) is 6.61 Å². The summed E-state index contributed by atoms with van der Waals surface area (Å²) in [7, 11) is -0.938. The summed E-state index contributed by atoms with van der Waals surface area (Å²) in [6, 6.07) is 5.58. The highest BCUT2D eigenvalue weighted by Crippen LogP contribution is 2.27. The molecule has 0 aliphatic carbocycles. The largest absolute Gasteiger partial charge is 0.495 e. The van der Waals surface area contributed by atoms with Crippen molar-refractivity contribution in [3.05, 3.63) is 23.8 Å². The summed E-state index contributed by atoms with van der Waals surface area (Å²) in [6.07, 6.45) is 0.342. The Labute approximate surface area is 101 Å². The van der Waals surface area contributed by atoms with Crippen LogP contribution in [0.15, 0.2) is 18.2 Å². The molecule has 2 atom stereocenters. The molecule has 2 N–H and O–H groups in total. The predicted octanol–water partition coefficient (Wildman–Crippen LogP) is 0.615. The lowest BCUT2D eigenvalue weighted by molar-refractivity contribution is 0.113. The first-order chi connectivity index (χ1) is 8.17. The van der Waals surface area contributed by atoms with E-state index in [1.807, 2.05) is 26.0 Å². The first-order valence-corrected chi connectivity index (χ1v) is 5.91. The highest BCUT2D eigenvalue weighted by Gasteiger charge is 2.35. The highest BCUT2D eigenvalue weighted by atomic mass is 16.5. The van der Waals surface area contributed by atoms with Crippen molar-refractivity contribution >= 4 is 12.6 Å². The molecule has 0 saturated carbocycles. The van der Waals surface area contributed by atoms with Gasteiger partial charge in [-0.15, -0.1) is 0 Å². The Bertz CT molecular complexity index is 392. The Hall–Kier alpha value is -1.04. The van der Waals surface area contributed by atoms with Gasteiger partial charge >= 0.3 is 7.12 Å². The van der Waals surface area contributed by atoms with E-state index in [-0.39, 0.29) is 18.8 Å². The van der Waals surface area contributed by atoms with Crippen LogP contribution >= 0.6 is 0 Å². The minimum Gasteiger partial charge on any atom is -0.488 e. The average molecular weight is 236 g/mol. The van der Waals surface area contributed by atoms with E-state index in [2.05, 4.69) is 0 Å². The van der Waals surface area contributed by atoms with E-state index >= 15 is 0 Å². The monoisotopic (exact) mass is 236 g/mol. The topological polar surface area (TPSA) is 58.9 Å². The van der Waals surface area contributed by atoms with Gasteiger partial charge in [-0.3, -0.25) is 0 Å². The molecule has 2 rings (SSSR count). The van der Waals surface area contributed by atoms with Crippen LogP contribution in [0.1, 0.15) is 31.9 Å². The second-order valence-corrected chi connectivity index (χ2v) is 4.22. The SMILES string of the molecule is CCC(CO)Oc1cccc2c1B(O)OC2C. The van der Waals surface area contributed by atoms with Gasteiger partial charge in [0.2, 0.25) is 0 Å². The van der Waals surface area contributed by atoms with Crippen LogP contribution in [0.3, 0.4) is 0 Å². The molecule has 0 aromatic heterocycles. The number of hydrogen-bond acceptors (Lipinski definition) is 4. The molecule has 0 bridgehead atoms. The molecule has 0 fully saturated rings. The van der Waals surface area contributed by atoms with E-state index in [9.17, 15) is 5.02 Å². The van der Waals surface area contributed by atoms with Crippen LogP contribution in [0, 0.1) is 0 Å². The maximum Gasteiger partial charge on any atom is 0.495 e. The summed E-state index contributed by atoms with van der Waals surface area (Å²) < 4.78 is 11.0. The summed E-state index contributed by atoms with van der Waals surface area (Å²) in [5, 5.41) is 19.0. The molecule has 1 aromatic rings. The fourth-order valence-electron chi connectivity index (χ4n) is 2.05. The van der Waals surface area contributed by atoms with E-state index < -0.39 is 7.12 Å². The van der Waals surface area contributed by atoms with Gasteiger partial charge in [-0.25, -0.2) is 0 Å². The Morgan fingerprint density at radius 1 is 1.53 bits per heavy atom. The molecule has 1 aromatic carbocycles. The maximum atomic E-state index is 9.83. The number of fused-ring (bicyclic) bond motifs is 1. The van der Waals surface area contributed by atoms with Gasteiger partial charge in [-0.1, -0.05) is 19.1 Å². The molecule has 92 valence electrons. The minimum absolute atomic E-state index is 0.0350. The van der Waals surface area contributed by atoms with Crippen molar-refractivity contribution < 1.29 is 19.5 Å². The minimum atomic E-state index is -0.938. The number of aliphatic hydroxyl groups excluding tert-OH is 1. The number of rotatable bonds is 4. The zero-order chi connectivity index (χ0) is 12.4. The van der Waals surface area contributed by atoms with Gasteiger partial charge in [0, 0.05) is 5.46 Å². The molecular formula is C12H17BO4. The molecule has 5 heteroatoms. The molecular weight excluding hydrogens is 219 g/mol. The summed E-state index contributed by atoms with van der Waals surface area (Å²) in [5.41, 5.74) is 1.63. The number of aliphatic hydroxyl groups is 1. The number of benzene rings is 1. The number of ether oxygens (including phenoxy) is 1. The van der Waals surface area contributed by atoms with Gasteiger partial charge in [0.25, 0.3) is 0 Å². The van der Waals surface area contributed by atoms with Crippen molar-refractivity contribution in [2.24, 2.45) is 0 Å². The summed E-state index contributed by atoms with van der Waals surface area (Å²) in [4.78, 5) is 0. The first kappa shape index (κ1) is 12.4. The summed E-state index contributed by atoms with van der Waals surface area (Å²) in [5.74, 6) is 0.597. The van der Waals surface area contributed by atoms with Gasteiger partial charge in [-0.05, 0) is 25.0 Å². The van der Waals surface area contributed by atoms with E-state index in [0.717, 1.165) is 5.56 Å². The molecule has 0 spiro atoms. The lowest BCUT2D eigenvalue weighted by Crippen LogP contribution is -2.32. The van der Waals surface area contributed by atoms with Crippen LogP contribution in [0.25, 0.3) is 0 Å². The Morgan fingerprint density at radius 3 is 2.94 bits per heavy atom. The Kier molecular flexibility index (Phi) is 3.71. The zero-order valence-electron chi connectivity index (χ0n) is 10.1. The standard InChI is InChI=1S/C12H17BO4/c1-3-9(7-14)16-11-6-4-5-10-8(2)17-13(15)12(10)11/h4-6,8-9,14-15H,3,7H2,1-2H3. The van der Waals surface area contributed by atoms with Crippen molar-refractivity contribution in [2.45, 2.75) is 32.5 Å². The Morgan fingerprint density at radius 2 is 2.29 bits per heavy atom. The molecule has 0 radical (unpaired) electrons. The third-order valence-corrected chi connectivity index (χ3v) is 3.07. The maximum absolute atomic E-state index is 9.83. The second kappa shape index (κ2) is 5.08. The van der Waals surface area contributed by atoms with Crippen molar-refractivity contribution in [1.82, 2.24) is 0 Å². The van der Waals surface area contributed by atoms with E-state index in [0.29, 0.717) is 17.6 Å². The van der Waals surface area contributed by atoms with Crippen LogP contribution in [0.5, 0.6) is 5.75 Å². The van der Waals surface area contributed by atoms with Crippen LogP contribution in [-0.4, -0.2) is 30.0 Å². The van der Waals surface area contributed by atoms with E-state index in [1.165, 1.54) is 0 Å². The third-order valence-electron chi connectivity index (χ3n) is 3.07. The summed E-state index contributed by atoms with van der Waals surface area (Å²) >= 11 is 0. The smallest absolute Gasteiger partial charge is 0.488 e. The normalized spacial score (nSPS) is 20.2. The van der Waals surface area contributed by atoms with Gasteiger partial charge in [0.05, 0.1) is 12.7 Å². The van der Waals surface area contributed by atoms with Crippen LogP contribution in [-0.2, 0) is 4.65 Å². The van der Waals surface area contributed by atoms with Crippen molar-refractivity contribution in [3.8, 4) is 5.75 Å². The molecule has 0 saturated heterocycles. The lowest BCUT2D eigenvalue weighted by atomic mass is 9.78. The first-order valence-electron chi connectivity index (χ1n) is 5.91. The zero-order valence-corrected chi connectivity index (χ0v) is 10.1. The lowest BCUT2D eigenvalue weighted by Gasteiger charge is -2.17. The van der Waals surface area contributed by atoms with Gasteiger partial charge in [0.1, 0.15) is 11.9 Å². The Balaban J connectivity index is 2.30. The average Bonchev–Trinajstić information content (AvgIpc) is 2.63. The molecule has 1 heterocycles. The van der Waals surface area contributed by atoms with Crippen molar-refractivity contribution in [1.29, 1.82) is 0 Å². The van der Waals surface area contributed by atoms with Gasteiger partial charge in [0.15, 0.2) is 0 Å².